The summed E-state index contributed by atoms with van der Waals surface area (Å²) in [5, 5.41) is 6.99. The van der Waals surface area contributed by atoms with Gasteiger partial charge in [-0.05, 0) is 29.6 Å². The van der Waals surface area contributed by atoms with E-state index in [4.69, 9.17) is 4.74 Å². The molecule has 1 fully saturated rings. The summed E-state index contributed by atoms with van der Waals surface area (Å²) < 4.78 is 46.2. The first-order chi connectivity index (χ1) is 16.8. The predicted molar refractivity (Wildman–Crippen MR) is 122 cm³/mol. The first-order valence-corrected chi connectivity index (χ1v) is 11.1. The van der Waals surface area contributed by atoms with Gasteiger partial charge in [-0.3, -0.25) is 4.79 Å². The first kappa shape index (κ1) is 24.2. The van der Waals surface area contributed by atoms with Crippen LogP contribution in [0.2, 0.25) is 0 Å². The van der Waals surface area contributed by atoms with Crippen LogP contribution in [-0.2, 0) is 20.5 Å². The molecule has 2 aromatic heterocycles. The third-order valence-corrected chi connectivity index (χ3v) is 5.72. The third kappa shape index (κ3) is 5.96. The lowest BCUT2D eigenvalue weighted by Gasteiger charge is -2.29. The fourth-order valence-corrected chi connectivity index (χ4v) is 4.06. The van der Waals surface area contributed by atoms with Crippen molar-refractivity contribution in [2.24, 2.45) is 0 Å². The Kier molecular flexibility index (Phi) is 7.31. The predicted octanol–water partition coefficient (Wildman–Crippen LogP) is 3.70. The van der Waals surface area contributed by atoms with E-state index in [0.29, 0.717) is 25.1 Å². The molecule has 35 heavy (non-hydrogen) atoms. The summed E-state index contributed by atoms with van der Waals surface area (Å²) in [5.41, 5.74) is 2.06. The highest BCUT2D eigenvalue weighted by Gasteiger charge is 2.36. The van der Waals surface area contributed by atoms with E-state index in [0.717, 1.165) is 30.1 Å². The van der Waals surface area contributed by atoms with Gasteiger partial charge in [-0.1, -0.05) is 6.07 Å². The average Bonchev–Trinajstić information content (AvgIpc) is 3.31. The number of hydrogen-bond donors (Lipinski definition) is 3. The fraction of sp³-hybridized carbons (Fsp3) is 0.238. The van der Waals surface area contributed by atoms with Crippen LogP contribution in [0.25, 0.3) is 0 Å². The largest absolute Gasteiger partial charge is 0.421 e. The molecule has 1 aromatic carbocycles. The number of aromatic nitrogens is 2. The monoisotopic (exact) mass is 508 g/mol. The lowest BCUT2D eigenvalue weighted by Crippen LogP contribution is -2.36. The van der Waals surface area contributed by atoms with Crippen LogP contribution in [0, 0.1) is 0 Å². The van der Waals surface area contributed by atoms with Gasteiger partial charge in [-0.2, -0.15) is 23.6 Å². The molecule has 0 atom stereocenters. The number of hydroxylamine groups is 1. The molecule has 0 bridgehead atoms. The standard InChI is InChI=1S/C21H19F3N6O4S/c22-21(23,24)16-11-25-20(27-13-2-1-3-14(10-13)30-5-7-33-8-6-30)29-17(16)28-18-15(4-9-35-18)19(32)34-26-12-31/h1-4,9-12H,5-8H2,(H,26,31)(H2,25,27,28,29). The minimum atomic E-state index is -4.76. The minimum Gasteiger partial charge on any atom is -0.378 e. The second-order valence-corrected chi connectivity index (χ2v) is 8.06. The van der Waals surface area contributed by atoms with Gasteiger partial charge in [0.15, 0.2) is 0 Å². The number of carbonyl (C=O) groups is 2. The van der Waals surface area contributed by atoms with Crippen molar-refractivity contribution >= 4 is 51.9 Å². The number of thiophene rings is 1. The molecule has 3 N–H and O–H groups in total. The van der Waals surface area contributed by atoms with Gasteiger partial charge in [0, 0.05) is 30.7 Å². The molecule has 1 aliphatic rings. The van der Waals surface area contributed by atoms with Crippen LogP contribution < -0.4 is 21.0 Å². The maximum absolute atomic E-state index is 13.6. The Morgan fingerprint density at radius 1 is 1.20 bits per heavy atom. The lowest BCUT2D eigenvalue weighted by molar-refractivity contribution is -0.137. The summed E-state index contributed by atoms with van der Waals surface area (Å²) in [6.45, 7) is 2.67. The lowest BCUT2D eigenvalue weighted by atomic mass is 10.2. The molecule has 184 valence electrons. The number of rotatable bonds is 8. The van der Waals surface area contributed by atoms with Gasteiger partial charge in [0.1, 0.15) is 16.4 Å². The summed E-state index contributed by atoms with van der Waals surface area (Å²) in [7, 11) is 0. The summed E-state index contributed by atoms with van der Waals surface area (Å²) in [4.78, 5) is 36.9. The zero-order valence-corrected chi connectivity index (χ0v) is 18.8. The van der Waals surface area contributed by atoms with Crippen molar-refractivity contribution in [1.29, 1.82) is 0 Å². The summed E-state index contributed by atoms with van der Waals surface area (Å²) in [6, 6.07) is 8.66. The quantitative estimate of drug-likeness (QED) is 0.309. The molecular weight excluding hydrogens is 489 g/mol. The molecule has 0 spiro atoms. The Hall–Kier alpha value is -3.91. The molecule has 1 amide bonds. The molecule has 1 saturated heterocycles. The van der Waals surface area contributed by atoms with Crippen molar-refractivity contribution in [3.8, 4) is 0 Å². The maximum atomic E-state index is 13.6. The highest BCUT2D eigenvalue weighted by atomic mass is 32.1. The highest BCUT2D eigenvalue weighted by Crippen LogP contribution is 2.37. The van der Waals surface area contributed by atoms with Gasteiger partial charge in [-0.15, -0.1) is 11.3 Å². The van der Waals surface area contributed by atoms with Crippen LogP contribution in [0.15, 0.2) is 41.9 Å². The molecule has 1 aliphatic heterocycles. The number of nitrogens with zero attached hydrogens (tertiary/aromatic N) is 3. The fourth-order valence-electron chi connectivity index (χ4n) is 3.28. The zero-order valence-electron chi connectivity index (χ0n) is 18.0. The SMILES string of the molecule is O=CNOC(=O)c1ccsc1Nc1nc(Nc2cccc(N3CCOCC3)c2)ncc1C(F)(F)F. The van der Waals surface area contributed by atoms with Crippen LogP contribution >= 0.6 is 11.3 Å². The number of morpholine rings is 1. The van der Waals surface area contributed by atoms with Gasteiger partial charge < -0.3 is 25.1 Å². The number of alkyl halides is 3. The molecule has 0 radical (unpaired) electrons. The van der Waals surface area contributed by atoms with E-state index in [1.54, 1.807) is 11.5 Å². The second kappa shape index (κ2) is 10.6. The smallest absolute Gasteiger partial charge is 0.378 e. The molecule has 3 aromatic rings. The van der Waals surface area contributed by atoms with Crippen LogP contribution in [0.3, 0.4) is 0 Å². The number of carbonyl (C=O) groups excluding carboxylic acids is 2. The van der Waals surface area contributed by atoms with Gasteiger partial charge in [-0.25, -0.2) is 9.78 Å². The number of anilines is 5. The number of halogens is 3. The summed E-state index contributed by atoms with van der Waals surface area (Å²) in [5.74, 6) is -1.59. The van der Waals surface area contributed by atoms with Crippen molar-refractivity contribution < 1.29 is 32.3 Å². The summed E-state index contributed by atoms with van der Waals surface area (Å²) in [6.07, 6.45) is -3.95. The van der Waals surface area contributed by atoms with E-state index in [9.17, 15) is 22.8 Å². The van der Waals surface area contributed by atoms with E-state index in [1.165, 1.54) is 11.4 Å². The van der Waals surface area contributed by atoms with Crippen molar-refractivity contribution in [2.75, 3.05) is 41.8 Å². The first-order valence-electron chi connectivity index (χ1n) is 10.2. The van der Waals surface area contributed by atoms with Crippen molar-refractivity contribution in [2.45, 2.75) is 6.18 Å². The van der Waals surface area contributed by atoms with E-state index in [2.05, 4.69) is 30.3 Å². The van der Waals surface area contributed by atoms with E-state index in [-0.39, 0.29) is 22.9 Å². The number of hydrogen-bond acceptors (Lipinski definition) is 10. The highest BCUT2D eigenvalue weighted by molar-refractivity contribution is 7.14. The average molecular weight is 508 g/mol. The number of amides is 1. The third-order valence-electron chi connectivity index (χ3n) is 4.89. The molecule has 4 rings (SSSR count). The topological polar surface area (TPSA) is 118 Å². The van der Waals surface area contributed by atoms with Crippen LogP contribution in [0.5, 0.6) is 0 Å². The summed E-state index contributed by atoms with van der Waals surface area (Å²) >= 11 is 0.961. The maximum Gasteiger partial charge on any atom is 0.421 e. The Bertz CT molecular complexity index is 1200. The number of nitrogens with one attached hydrogen (secondary N) is 3. The van der Waals surface area contributed by atoms with Crippen molar-refractivity contribution in [3.05, 3.63) is 53.0 Å². The van der Waals surface area contributed by atoms with Gasteiger partial charge in [0.25, 0.3) is 0 Å². The molecule has 10 nitrogen and oxygen atoms in total. The Morgan fingerprint density at radius 2 is 2.00 bits per heavy atom. The van der Waals surface area contributed by atoms with Crippen LogP contribution in [0.4, 0.5) is 41.3 Å². The molecule has 3 heterocycles. The van der Waals surface area contributed by atoms with Gasteiger partial charge in [0.2, 0.25) is 12.4 Å². The molecule has 0 unspecified atom stereocenters. The Labute approximate surface area is 201 Å². The van der Waals surface area contributed by atoms with Gasteiger partial charge >= 0.3 is 12.1 Å². The second-order valence-electron chi connectivity index (χ2n) is 7.14. The van der Waals surface area contributed by atoms with E-state index in [1.807, 2.05) is 18.2 Å². The Morgan fingerprint density at radius 3 is 2.74 bits per heavy atom. The van der Waals surface area contributed by atoms with Crippen LogP contribution in [-0.4, -0.2) is 48.7 Å². The molecule has 14 heteroatoms. The Balaban J connectivity index is 1.60. The van der Waals surface area contributed by atoms with Crippen LogP contribution in [0.1, 0.15) is 15.9 Å². The normalized spacial score (nSPS) is 13.7. The molecular formula is C21H19F3N6O4S. The molecule has 0 saturated carbocycles. The number of ether oxygens (including phenoxy) is 1. The van der Waals surface area contributed by atoms with Crippen molar-refractivity contribution in [3.63, 3.8) is 0 Å². The van der Waals surface area contributed by atoms with E-state index >= 15 is 0 Å². The van der Waals surface area contributed by atoms with Gasteiger partial charge in [0.05, 0.1) is 18.8 Å². The molecule has 0 aliphatic carbocycles. The van der Waals surface area contributed by atoms with Crippen molar-refractivity contribution in [1.82, 2.24) is 15.4 Å². The number of benzene rings is 1. The van der Waals surface area contributed by atoms with E-state index < -0.39 is 23.5 Å². The zero-order chi connectivity index (χ0) is 24.8. The minimum absolute atomic E-state index is 0.0483.